The number of hydrogen-bond acceptors (Lipinski definition) is 6. The Hall–Kier alpha value is -1.93. The zero-order chi connectivity index (χ0) is 21.0. The minimum absolute atomic E-state index is 0.0115. The number of aromatic nitrogens is 1. The molecule has 0 bridgehead atoms. The van der Waals surface area contributed by atoms with Gasteiger partial charge in [-0.05, 0) is 32.6 Å². The van der Waals surface area contributed by atoms with E-state index in [1.807, 2.05) is 18.7 Å². The summed E-state index contributed by atoms with van der Waals surface area (Å²) in [5.74, 6) is 1.04. The van der Waals surface area contributed by atoms with Crippen LogP contribution in [0.1, 0.15) is 43.7 Å². The van der Waals surface area contributed by atoms with E-state index in [9.17, 15) is 9.59 Å². The molecule has 2 saturated heterocycles. The summed E-state index contributed by atoms with van der Waals surface area (Å²) in [5, 5.41) is 3.97. The van der Waals surface area contributed by atoms with Crippen molar-refractivity contribution in [3.05, 3.63) is 17.0 Å². The molecule has 1 atom stereocenters. The predicted octanol–water partition coefficient (Wildman–Crippen LogP) is 1.93. The molecule has 8 nitrogen and oxygen atoms in total. The molecule has 2 aliphatic heterocycles. The summed E-state index contributed by atoms with van der Waals surface area (Å²) in [6.07, 6.45) is 1.17. The van der Waals surface area contributed by atoms with Crippen LogP contribution >= 0.6 is 0 Å². The van der Waals surface area contributed by atoms with Gasteiger partial charge in [0.1, 0.15) is 5.76 Å². The van der Waals surface area contributed by atoms with E-state index in [1.165, 1.54) is 0 Å². The first-order valence-electron chi connectivity index (χ1n) is 10.5. The Morgan fingerprint density at radius 3 is 2.59 bits per heavy atom. The van der Waals surface area contributed by atoms with Gasteiger partial charge in [0, 0.05) is 44.3 Å². The average molecular weight is 408 g/mol. The van der Waals surface area contributed by atoms with Gasteiger partial charge in [-0.25, -0.2) is 0 Å². The summed E-state index contributed by atoms with van der Waals surface area (Å²) in [5.41, 5.74) is 1.74. The average Bonchev–Trinajstić information content (AvgIpc) is 2.92. The second-order valence-electron chi connectivity index (χ2n) is 8.53. The SMILES string of the molecule is Cc1noc(C)c1COC1CN(CC(C)C)C(=O)CN(C(=O)C2CCOCC2)C1. The van der Waals surface area contributed by atoms with Gasteiger partial charge in [0.05, 0.1) is 24.9 Å². The van der Waals surface area contributed by atoms with Crippen molar-refractivity contribution in [3.63, 3.8) is 0 Å². The van der Waals surface area contributed by atoms with Gasteiger partial charge in [0.25, 0.3) is 0 Å². The molecule has 2 amide bonds. The van der Waals surface area contributed by atoms with Crippen LogP contribution in [-0.4, -0.2) is 72.3 Å². The maximum absolute atomic E-state index is 13.1. The normalized spacial score (nSPS) is 21.7. The fraction of sp³-hybridized carbons (Fsp3) is 0.762. The first kappa shape index (κ1) is 21.8. The van der Waals surface area contributed by atoms with Gasteiger partial charge in [-0.1, -0.05) is 19.0 Å². The van der Waals surface area contributed by atoms with Gasteiger partial charge in [-0.15, -0.1) is 0 Å². The lowest BCUT2D eigenvalue weighted by Crippen LogP contribution is -2.44. The highest BCUT2D eigenvalue weighted by Crippen LogP contribution is 2.21. The van der Waals surface area contributed by atoms with E-state index in [0.29, 0.717) is 58.2 Å². The Labute approximate surface area is 172 Å². The molecule has 3 heterocycles. The molecule has 0 aliphatic carbocycles. The van der Waals surface area contributed by atoms with Crippen LogP contribution in [0.25, 0.3) is 0 Å². The molecule has 29 heavy (non-hydrogen) atoms. The van der Waals surface area contributed by atoms with Gasteiger partial charge in [-0.3, -0.25) is 9.59 Å². The highest BCUT2D eigenvalue weighted by atomic mass is 16.5. The number of carbonyl (C=O) groups is 2. The number of ether oxygens (including phenoxy) is 2. The van der Waals surface area contributed by atoms with Crippen molar-refractivity contribution in [1.82, 2.24) is 15.0 Å². The summed E-state index contributed by atoms with van der Waals surface area (Å²) >= 11 is 0. The molecule has 1 unspecified atom stereocenters. The van der Waals surface area contributed by atoms with Crippen LogP contribution in [0.4, 0.5) is 0 Å². The van der Waals surface area contributed by atoms with E-state index in [-0.39, 0.29) is 30.4 Å². The highest BCUT2D eigenvalue weighted by Gasteiger charge is 2.34. The number of carbonyl (C=O) groups excluding carboxylic acids is 2. The fourth-order valence-corrected chi connectivity index (χ4v) is 3.98. The van der Waals surface area contributed by atoms with Crippen LogP contribution in [0, 0.1) is 25.7 Å². The molecule has 0 spiro atoms. The zero-order valence-corrected chi connectivity index (χ0v) is 18.0. The van der Waals surface area contributed by atoms with Crippen LogP contribution in [0.5, 0.6) is 0 Å². The number of amides is 2. The molecule has 162 valence electrons. The minimum Gasteiger partial charge on any atom is -0.381 e. The van der Waals surface area contributed by atoms with Gasteiger partial charge < -0.3 is 23.8 Å². The largest absolute Gasteiger partial charge is 0.381 e. The first-order valence-corrected chi connectivity index (χ1v) is 10.5. The maximum Gasteiger partial charge on any atom is 0.242 e. The third kappa shape index (κ3) is 5.57. The summed E-state index contributed by atoms with van der Waals surface area (Å²) in [7, 11) is 0. The van der Waals surface area contributed by atoms with Crippen molar-refractivity contribution < 1.29 is 23.6 Å². The quantitative estimate of drug-likeness (QED) is 0.716. The van der Waals surface area contributed by atoms with Crippen molar-refractivity contribution in [3.8, 4) is 0 Å². The van der Waals surface area contributed by atoms with E-state index in [0.717, 1.165) is 17.0 Å². The Bertz CT molecular complexity index is 692. The van der Waals surface area contributed by atoms with Gasteiger partial charge in [0.2, 0.25) is 11.8 Å². The van der Waals surface area contributed by atoms with Crippen LogP contribution < -0.4 is 0 Å². The topological polar surface area (TPSA) is 85.1 Å². The predicted molar refractivity (Wildman–Crippen MR) is 106 cm³/mol. The smallest absolute Gasteiger partial charge is 0.242 e. The first-order chi connectivity index (χ1) is 13.8. The molecule has 0 N–H and O–H groups in total. The molecule has 0 aromatic carbocycles. The van der Waals surface area contributed by atoms with Gasteiger partial charge in [-0.2, -0.15) is 0 Å². The van der Waals surface area contributed by atoms with Crippen LogP contribution in [-0.2, 0) is 25.7 Å². The fourth-order valence-electron chi connectivity index (χ4n) is 3.98. The van der Waals surface area contributed by atoms with E-state index < -0.39 is 0 Å². The number of nitrogens with zero attached hydrogens (tertiary/aromatic N) is 3. The molecule has 3 rings (SSSR count). The lowest BCUT2D eigenvalue weighted by molar-refractivity contribution is -0.143. The number of hydrogen-bond donors (Lipinski definition) is 0. The van der Waals surface area contributed by atoms with E-state index in [2.05, 4.69) is 19.0 Å². The highest BCUT2D eigenvalue weighted by molar-refractivity contribution is 5.86. The Balaban J connectivity index is 1.72. The second kappa shape index (κ2) is 9.71. The molecule has 0 saturated carbocycles. The standard InChI is InChI=1S/C21H33N3O5/c1-14(2)9-23-10-18(28-13-19-15(3)22-29-16(19)4)11-24(12-20(23)25)21(26)17-5-7-27-8-6-17/h14,17-18H,5-13H2,1-4H3. The number of aryl methyl sites for hydroxylation is 2. The third-order valence-electron chi connectivity index (χ3n) is 5.64. The summed E-state index contributed by atoms with van der Waals surface area (Å²) < 4.78 is 16.8. The molecule has 0 radical (unpaired) electrons. The van der Waals surface area contributed by atoms with Crippen LogP contribution in [0.2, 0.25) is 0 Å². The van der Waals surface area contributed by atoms with Crippen molar-refractivity contribution in [2.24, 2.45) is 11.8 Å². The van der Waals surface area contributed by atoms with E-state index in [1.54, 1.807) is 4.90 Å². The van der Waals surface area contributed by atoms with Crippen molar-refractivity contribution in [1.29, 1.82) is 0 Å². The van der Waals surface area contributed by atoms with Crippen molar-refractivity contribution in [2.45, 2.75) is 53.2 Å². The molecular weight excluding hydrogens is 374 g/mol. The Kier molecular flexibility index (Phi) is 7.29. The molecule has 2 fully saturated rings. The monoisotopic (exact) mass is 407 g/mol. The van der Waals surface area contributed by atoms with Crippen molar-refractivity contribution in [2.75, 3.05) is 39.4 Å². The zero-order valence-electron chi connectivity index (χ0n) is 18.0. The molecular formula is C21H33N3O5. The Morgan fingerprint density at radius 2 is 1.97 bits per heavy atom. The lowest BCUT2D eigenvalue weighted by Gasteiger charge is -2.29. The Morgan fingerprint density at radius 1 is 1.24 bits per heavy atom. The second-order valence-corrected chi connectivity index (χ2v) is 8.53. The molecule has 1 aromatic heterocycles. The van der Waals surface area contributed by atoms with E-state index >= 15 is 0 Å². The minimum atomic E-state index is -0.252. The summed E-state index contributed by atoms with van der Waals surface area (Å²) in [4.78, 5) is 29.5. The summed E-state index contributed by atoms with van der Waals surface area (Å²) in [6.45, 7) is 11.2. The van der Waals surface area contributed by atoms with Crippen molar-refractivity contribution >= 4 is 11.8 Å². The van der Waals surface area contributed by atoms with Gasteiger partial charge in [0.15, 0.2) is 0 Å². The summed E-state index contributed by atoms with van der Waals surface area (Å²) in [6, 6.07) is 0. The number of rotatable bonds is 6. The van der Waals surface area contributed by atoms with Crippen LogP contribution in [0.3, 0.4) is 0 Å². The van der Waals surface area contributed by atoms with E-state index in [4.69, 9.17) is 14.0 Å². The third-order valence-corrected chi connectivity index (χ3v) is 5.64. The molecule has 8 heteroatoms. The van der Waals surface area contributed by atoms with Gasteiger partial charge >= 0.3 is 0 Å². The molecule has 1 aromatic rings. The van der Waals surface area contributed by atoms with Crippen LogP contribution in [0.15, 0.2) is 4.52 Å². The molecule has 2 aliphatic rings. The lowest BCUT2D eigenvalue weighted by atomic mass is 9.98. The maximum atomic E-state index is 13.1.